The Kier molecular flexibility index (Phi) is 4.28. The van der Waals surface area contributed by atoms with E-state index in [2.05, 4.69) is 0 Å². The Morgan fingerprint density at radius 1 is 1.05 bits per heavy atom. The SMILES string of the molecule is O=S1(=O)CC(N2CCOCC2)C(S(=O)(=O)c2ccccc2)C1. The van der Waals surface area contributed by atoms with E-state index < -0.39 is 31.0 Å². The summed E-state index contributed by atoms with van der Waals surface area (Å²) in [6.07, 6.45) is 0. The molecule has 2 saturated heterocycles. The van der Waals surface area contributed by atoms with Crippen molar-refractivity contribution in [3.05, 3.63) is 30.3 Å². The summed E-state index contributed by atoms with van der Waals surface area (Å²) in [5, 5.41) is -0.905. The first-order chi connectivity index (χ1) is 10.4. The molecule has 0 aliphatic carbocycles. The molecule has 1 aromatic carbocycles. The van der Waals surface area contributed by atoms with Gasteiger partial charge in [-0.1, -0.05) is 18.2 Å². The zero-order valence-electron chi connectivity index (χ0n) is 12.1. The molecule has 0 saturated carbocycles. The predicted molar refractivity (Wildman–Crippen MR) is 82.2 cm³/mol. The van der Waals surface area contributed by atoms with E-state index in [0.717, 1.165) is 0 Å². The van der Waals surface area contributed by atoms with Crippen molar-refractivity contribution in [1.29, 1.82) is 0 Å². The fourth-order valence-corrected chi connectivity index (χ4v) is 7.98. The molecule has 8 heteroatoms. The lowest BCUT2D eigenvalue weighted by atomic mass is 10.2. The number of nitrogens with zero attached hydrogens (tertiary/aromatic N) is 1. The van der Waals surface area contributed by atoms with Gasteiger partial charge in [0, 0.05) is 19.1 Å². The molecule has 2 atom stereocenters. The first-order valence-electron chi connectivity index (χ1n) is 7.21. The van der Waals surface area contributed by atoms with E-state index in [1.807, 2.05) is 4.90 Å². The first-order valence-corrected chi connectivity index (χ1v) is 10.6. The Hall–Kier alpha value is -0.960. The standard InChI is InChI=1S/C14H19NO5S2/c16-21(17)10-13(15-6-8-20-9-7-15)14(11-21)22(18,19)12-4-2-1-3-5-12/h1-5,13-14H,6-11H2. The van der Waals surface area contributed by atoms with Gasteiger partial charge in [-0.05, 0) is 12.1 Å². The van der Waals surface area contributed by atoms with E-state index in [1.54, 1.807) is 18.2 Å². The van der Waals surface area contributed by atoms with E-state index >= 15 is 0 Å². The lowest BCUT2D eigenvalue weighted by Crippen LogP contribution is -2.50. The molecule has 2 unspecified atom stereocenters. The van der Waals surface area contributed by atoms with Gasteiger partial charge < -0.3 is 4.74 Å². The Balaban J connectivity index is 1.95. The van der Waals surface area contributed by atoms with Crippen molar-refractivity contribution >= 4 is 19.7 Å². The number of benzene rings is 1. The van der Waals surface area contributed by atoms with Crippen LogP contribution in [0.2, 0.25) is 0 Å². The highest BCUT2D eigenvalue weighted by molar-refractivity contribution is 7.96. The van der Waals surface area contributed by atoms with Gasteiger partial charge in [0.15, 0.2) is 19.7 Å². The molecule has 0 N–H and O–H groups in total. The number of ether oxygens (including phenoxy) is 1. The van der Waals surface area contributed by atoms with Crippen molar-refractivity contribution in [3.63, 3.8) is 0 Å². The van der Waals surface area contributed by atoms with Crippen molar-refractivity contribution in [2.45, 2.75) is 16.2 Å². The van der Waals surface area contributed by atoms with E-state index in [-0.39, 0.29) is 16.4 Å². The normalized spacial score (nSPS) is 29.5. The fraction of sp³-hybridized carbons (Fsp3) is 0.571. The van der Waals surface area contributed by atoms with Crippen molar-refractivity contribution < 1.29 is 21.6 Å². The van der Waals surface area contributed by atoms with Crippen molar-refractivity contribution in [1.82, 2.24) is 4.90 Å². The lowest BCUT2D eigenvalue weighted by molar-refractivity contribution is 0.0222. The maximum Gasteiger partial charge on any atom is 0.183 e. The number of morpholine rings is 1. The maximum absolute atomic E-state index is 12.9. The topological polar surface area (TPSA) is 80.8 Å². The summed E-state index contributed by atoms with van der Waals surface area (Å²) in [5.74, 6) is -0.393. The van der Waals surface area contributed by atoms with Gasteiger partial charge in [0.05, 0.1) is 34.9 Å². The molecule has 2 aliphatic rings. The number of rotatable bonds is 3. The van der Waals surface area contributed by atoms with Crippen molar-refractivity contribution in [3.8, 4) is 0 Å². The van der Waals surface area contributed by atoms with Gasteiger partial charge in [-0.15, -0.1) is 0 Å². The summed E-state index contributed by atoms with van der Waals surface area (Å²) in [7, 11) is -7.02. The minimum absolute atomic E-state index is 0.0935. The quantitative estimate of drug-likeness (QED) is 0.765. The van der Waals surface area contributed by atoms with E-state index in [1.165, 1.54) is 12.1 Å². The van der Waals surface area contributed by atoms with Gasteiger partial charge in [0.25, 0.3) is 0 Å². The second kappa shape index (κ2) is 5.92. The molecule has 0 bridgehead atoms. The van der Waals surface area contributed by atoms with Crippen LogP contribution in [0.25, 0.3) is 0 Å². The highest BCUT2D eigenvalue weighted by Gasteiger charge is 2.48. The van der Waals surface area contributed by atoms with Gasteiger partial charge in [-0.2, -0.15) is 0 Å². The van der Waals surface area contributed by atoms with Gasteiger partial charge >= 0.3 is 0 Å². The van der Waals surface area contributed by atoms with E-state index in [4.69, 9.17) is 4.74 Å². The molecule has 2 fully saturated rings. The molecule has 122 valence electrons. The molecular weight excluding hydrogens is 326 g/mol. The molecule has 1 aromatic rings. The van der Waals surface area contributed by atoms with Crippen LogP contribution in [0.5, 0.6) is 0 Å². The molecule has 3 rings (SSSR count). The van der Waals surface area contributed by atoms with Gasteiger partial charge in [0.2, 0.25) is 0 Å². The fourth-order valence-electron chi connectivity index (χ4n) is 3.13. The van der Waals surface area contributed by atoms with Crippen LogP contribution in [0.15, 0.2) is 35.2 Å². The highest BCUT2D eigenvalue weighted by atomic mass is 32.2. The van der Waals surface area contributed by atoms with Gasteiger partial charge in [-0.25, -0.2) is 16.8 Å². The van der Waals surface area contributed by atoms with Crippen molar-refractivity contribution in [2.75, 3.05) is 37.8 Å². The summed E-state index contributed by atoms with van der Waals surface area (Å²) < 4.78 is 55.1. The van der Waals surface area contributed by atoms with Crippen LogP contribution in [0.1, 0.15) is 0 Å². The third-order valence-electron chi connectivity index (χ3n) is 4.26. The summed E-state index contributed by atoms with van der Waals surface area (Å²) in [6, 6.07) is 7.61. The van der Waals surface area contributed by atoms with Crippen LogP contribution in [0.3, 0.4) is 0 Å². The third-order valence-corrected chi connectivity index (χ3v) is 8.39. The van der Waals surface area contributed by atoms with E-state index in [0.29, 0.717) is 26.3 Å². The Bertz CT molecular complexity index is 724. The first kappa shape index (κ1) is 15.9. The van der Waals surface area contributed by atoms with Gasteiger partial charge in [0.1, 0.15) is 0 Å². The number of hydrogen-bond acceptors (Lipinski definition) is 6. The minimum atomic E-state index is -3.67. The molecule has 0 aromatic heterocycles. The summed E-state index contributed by atoms with van der Waals surface area (Å²) in [5.41, 5.74) is 0. The highest BCUT2D eigenvalue weighted by Crippen LogP contribution is 2.29. The summed E-state index contributed by atoms with van der Waals surface area (Å²) in [6.45, 7) is 2.16. The molecular formula is C14H19NO5S2. The van der Waals surface area contributed by atoms with Crippen LogP contribution >= 0.6 is 0 Å². The lowest BCUT2D eigenvalue weighted by Gasteiger charge is -2.34. The monoisotopic (exact) mass is 345 g/mol. The molecule has 2 aliphatic heterocycles. The molecule has 0 amide bonds. The number of hydrogen-bond donors (Lipinski definition) is 0. The Morgan fingerprint density at radius 2 is 1.68 bits per heavy atom. The van der Waals surface area contributed by atoms with Crippen LogP contribution in [-0.2, 0) is 24.4 Å². The Morgan fingerprint density at radius 3 is 2.32 bits per heavy atom. The van der Waals surface area contributed by atoms with Crippen LogP contribution in [0.4, 0.5) is 0 Å². The third kappa shape index (κ3) is 3.05. The average Bonchev–Trinajstić information content (AvgIpc) is 2.86. The maximum atomic E-state index is 12.9. The van der Waals surface area contributed by atoms with Crippen LogP contribution in [-0.4, -0.2) is 70.8 Å². The zero-order chi connectivity index (χ0) is 15.8. The van der Waals surface area contributed by atoms with Crippen LogP contribution in [0, 0.1) is 0 Å². The number of sulfone groups is 2. The smallest absolute Gasteiger partial charge is 0.183 e. The van der Waals surface area contributed by atoms with Gasteiger partial charge in [-0.3, -0.25) is 4.90 Å². The van der Waals surface area contributed by atoms with Crippen molar-refractivity contribution in [2.24, 2.45) is 0 Å². The minimum Gasteiger partial charge on any atom is -0.379 e. The summed E-state index contributed by atoms with van der Waals surface area (Å²) >= 11 is 0. The second-order valence-electron chi connectivity index (χ2n) is 5.69. The zero-order valence-corrected chi connectivity index (χ0v) is 13.7. The molecule has 0 radical (unpaired) electrons. The molecule has 2 heterocycles. The molecule has 22 heavy (non-hydrogen) atoms. The van der Waals surface area contributed by atoms with E-state index in [9.17, 15) is 16.8 Å². The largest absolute Gasteiger partial charge is 0.379 e. The molecule has 0 spiro atoms. The Labute approximate surface area is 130 Å². The van der Waals surface area contributed by atoms with Crippen LogP contribution < -0.4 is 0 Å². The second-order valence-corrected chi connectivity index (χ2v) is 10.0. The predicted octanol–water partition coefficient (Wildman–Crippen LogP) is -0.0419. The summed E-state index contributed by atoms with van der Waals surface area (Å²) in [4.78, 5) is 2.13. The average molecular weight is 345 g/mol. The molecule has 6 nitrogen and oxygen atoms in total.